The van der Waals surface area contributed by atoms with Crippen molar-refractivity contribution in [3.8, 4) is 0 Å². The van der Waals surface area contributed by atoms with E-state index in [0.717, 1.165) is 6.42 Å². The first-order chi connectivity index (χ1) is 10.8. The summed E-state index contributed by atoms with van der Waals surface area (Å²) >= 11 is 3.96. The maximum absolute atomic E-state index is 12.3. The first kappa shape index (κ1) is 13.4. The van der Waals surface area contributed by atoms with Gasteiger partial charge in [0.2, 0.25) is 5.52 Å². The van der Waals surface area contributed by atoms with Crippen LogP contribution in [0.25, 0.3) is 10.2 Å². The summed E-state index contributed by atoms with van der Waals surface area (Å²) in [5.41, 5.74) is 1.35. The molecule has 1 aliphatic heterocycles. The Morgan fingerprint density at radius 3 is 3.09 bits per heavy atom. The molecule has 0 unspecified atom stereocenters. The van der Waals surface area contributed by atoms with Crippen molar-refractivity contribution < 1.29 is 14.1 Å². The van der Waals surface area contributed by atoms with Crippen LogP contribution in [0.1, 0.15) is 25.8 Å². The summed E-state index contributed by atoms with van der Waals surface area (Å²) in [6.45, 7) is 2.40. The molecule has 5 heteroatoms. The lowest BCUT2D eigenvalue weighted by Crippen LogP contribution is -2.46. The highest BCUT2D eigenvalue weighted by Crippen LogP contribution is 2.61. The van der Waals surface area contributed by atoms with Crippen LogP contribution in [0.4, 0.5) is 0 Å². The molecular formula is C17H18NO2S2+. The van der Waals surface area contributed by atoms with Crippen LogP contribution in [0.2, 0.25) is 0 Å². The van der Waals surface area contributed by atoms with Gasteiger partial charge >= 0.3 is 5.97 Å². The van der Waals surface area contributed by atoms with Crippen molar-refractivity contribution in [1.29, 1.82) is 0 Å². The molecule has 2 aromatic rings. The fraction of sp³-hybridized carbons (Fsp3) is 0.529. The summed E-state index contributed by atoms with van der Waals surface area (Å²) in [7, 11) is 0. The van der Waals surface area contributed by atoms with Gasteiger partial charge in [-0.25, -0.2) is 0 Å². The van der Waals surface area contributed by atoms with Crippen molar-refractivity contribution in [2.45, 2.75) is 35.4 Å². The van der Waals surface area contributed by atoms with Crippen LogP contribution < -0.4 is 4.57 Å². The first-order valence-electron chi connectivity index (χ1n) is 8.04. The van der Waals surface area contributed by atoms with Crippen molar-refractivity contribution in [1.82, 2.24) is 0 Å². The second-order valence-electron chi connectivity index (χ2n) is 6.53. The SMILES string of the molecule is CCOC(=O)[C@@H]1C[C@H]2C[C@H]1[C@@H]1[C@@H]2Sc2sc3ccccc3[n+]21. The van der Waals surface area contributed by atoms with Crippen LogP contribution in [-0.2, 0) is 9.53 Å². The molecule has 2 saturated carbocycles. The summed E-state index contributed by atoms with van der Waals surface area (Å²) in [5, 5.41) is 0.673. The van der Waals surface area contributed by atoms with Gasteiger partial charge in [0.05, 0.1) is 17.8 Å². The topological polar surface area (TPSA) is 30.2 Å². The third kappa shape index (κ3) is 1.64. The Hall–Kier alpha value is -1.07. The van der Waals surface area contributed by atoms with E-state index in [0.29, 0.717) is 29.7 Å². The van der Waals surface area contributed by atoms with Gasteiger partial charge in [0.1, 0.15) is 4.70 Å². The molecule has 114 valence electrons. The minimum absolute atomic E-state index is 0.0343. The fourth-order valence-electron chi connectivity index (χ4n) is 4.77. The van der Waals surface area contributed by atoms with Crippen LogP contribution >= 0.6 is 23.1 Å². The van der Waals surface area contributed by atoms with E-state index >= 15 is 0 Å². The number of fused-ring (bicyclic) bond motifs is 9. The fourth-order valence-corrected chi connectivity index (χ4v) is 7.93. The predicted molar refractivity (Wildman–Crippen MR) is 87.0 cm³/mol. The highest BCUT2D eigenvalue weighted by molar-refractivity contribution is 8.01. The molecule has 0 amide bonds. The molecule has 2 heterocycles. The number of aromatic nitrogens is 1. The van der Waals surface area contributed by atoms with E-state index in [-0.39, 0.29) is 11.9 Å². The number of thioether (sulfide) groups is 1. The smallest absolute Gasteiger partial charge is 0.309 e. The number of hydrogen-bond acceptors (Lipinski definition) is 4. The standard InChI is InChI=1S/C17H18NO2S2/c1-2-20-16(19)11-8-9-7-10(11)14-15(9)22-17-18(14)12-5-3-4-6-13(12)21-17/h3-6,9-11,14-15H,2,7-8H2,1H3/q+1/t9-,10-,11-,14-,15-/m1/s1. The second kappa shape index (κ2) is 4.71. The number of para-hydroxylation sites is 1. The van der Waals surface area contributed by atoms with E-state index in [9.17, 15) is 4.79 Å². The molecule has 0 radical (unpaired) electrons. The first-order valence-corrected chi connectivity index (χ1v) is 9.74. The Morgan fingerprint density at radius 1 is 1.36 bits per heavy atom. The van der Waals surface area contributed by atoms with Crippen molar-refractivity contribution in [2.24, 2.45) is 17.8 Å². The van der Waals surface area contributed by atoms with Gasteiger partial charge in [-0.2, -0.15) is 4.57 Å². The zero-order valence-corrected chi connectivity index (χ0v) is 14.0. The summed E-state index contributed by atoms with van der Waals surface area (Å²) in [6, 6.07) is 9.15. The molecule has 3 aliphatic rings. The van der Waals surface area contributed by atoms with Gasteiger partial charge in [0.15, 0.2) is 6.04 Å². The van der Waals surface area contributed by atoms with Crippen molar-refractivity contribution >= 4 is 39.3 Å². The second-order valence-corrected chi connectivity index (χ2v) is 8.99. The molecule has 22 heavy (non-hydrogen) atoms. The van der Waals surface area contributed by atoms with Gasteiger partial charge in [-0.05, 0) is 43.5 Å². The zero-order valence-electron chi connectivity index (χ0n) is 12.4. The van der Waals surface area contributed by atoms with Crippen molar-refractivity contribution in [3.63, 3.8) is 0 Å². The van der Waals surface area contributed by atoms with Crippen LogP contribution in [-0.4, -0.2) is 17.8 Å². The molecule has 5 atom stereocenters. The quantitative estimate of drug-likeness (QED) is 0.623. The number of carbonyl (C=O) groups excluding carboxylic acids is 1. The molecule has 2 bridgehead atoms. The Balaban J connectivity index is 1.57. The van der Waals surface area contributed by atoms with E-state index < -0.39 is 0 Å². The highest BCUT2D eigenvalue weighted by Gasteiger charge is 2.64. The largest absolute Gasteiger partial charge is 0.466 e. The third-order valence-electron chi connectivity index (χ3n) is 5.53. The van der Waals surface area contributed by atoms with Crippen molar-refractivity contribution in [3.05, 3.63) is 24.3 Å². The van der Waals surface area contributed by atoms with E-state index in [4.69, 9.17) is 4.74 Å². The van der Waals surface area contributed by atoms with Gasteiger partial charge in [-0.3, -0.25) is 4.79 Å². The van der Waals surface area contributed by atoms with E-state index in [2.05, 4.69) is 40.6 Å². The summed E-state index contributed by atoms with van der Waals surface area (Å²) in [6.07, 6.45) is 2.23. The molecule has 0 N–H and O–H groups in total. The Kier molecular flexibility index (Phi) is 2.87. The Bertz CT molecular complexity index is 771. The zero-order chi connectivity index (χ0) is 14.8. The molecule has 5 rings (SSSR count). The number of carbonyl (C=O) groups is 1. The number of ether oxygens (including phenoxy) is 1. The maximum Gasteiger partial charge on any atom is 0.309 e. The van der Waals surface area contributed by atoms with Crippen molar-refractivity contribution in [2.75, 3.05) is 6.61 Å². The van der Waals surface area contributed by atoms with Crippen LogP contribution in [0.15, 0.2) is 28.6 Å². The lowest BCUT2D eigenvalue weighted by atomic mass is 9.84. The van der Waals surface area contributed by atoms with Gasteiger partial charge in [0, 0.05) is 12.0 Å². The molecule has 3 nitrogen and oxygen atoms in total. The van der Waals surface area contributed by atoms with Gasteiger partial charge in [0.25, 0.3) is 4.34 Å². The summed E-state index contributed by atoms with van der Waals surface area (Å²) in [5.74, 6) is 1.29. The average molecular weight is 332 g/mol. The highest BCUT2D eigenvalue weighted by atomic mass is 32.2. The van der Waals surface area contributed by atoms with Crippen LogP contribution in [0.5, 0.6) is 0 Å². The molecule has 0 spiro atoms. The molecule has 1 aromatic carbocycles. The van der Waals surface area contributed by atoms with Gasteiger partial charge in [-0.15, -0.1) is 0 Å². The molecule has 0 saturated heterocycles. The molecular weight excluding hydrogens is 314 g/mol. The third-order valence-corrected chi connectivity index (χ3v) is 8.34. The normalized spacial score (nSPS) is 34.9. The molecule has 1 aromatic heterocycles. The van der Waals surface area contributed by atoms with Gasteiger partial charge in [-0.1, -0.05) is 23.5 Å². The minimum atomic E-state index is 0.0343. The number of nitrogens with zero attached hydrogens (tertiary/aromatic N) is 1. The van der Waals surface area contributed by atoms with E-state index in [1.54, 1.807) is 0 Å². The maximum atomic E-state index is 12.3. The Labute approximate surface area is 137 Å². The van der Waals surface area contributed by atoms with E-state index in [1.807, 2.05) is 18.3 Å². The summed E-state index contributed by atoms with van der Waals surface area (Å²) < 4.78 is 10.7. The van der Waals surface area contributed by atoms with Crippen LogP contribution in [0, 0.1) is 17.8 Å². The van der Waals surface area contributed by atoms with Gasteiger partial charge < -0.3 is 4.74 Å². The molecule has 2 fully saturated rings. The lowest BCUT2D eigenvalue weighted by Gasteiger charge is -2.25. The van der Waals surface area contributed by atoms with Crippen LogP contribution in [0.3, 0.4) is 0 Å². The number of hydrogen-bond donors (Lipinski definition) is 0. The number of thiazole rings is 1. The number of benzene rings is 1. The number of esters is 1. The number of rotatable bonds is 2. The molecule has 2 aliphatic carbocycles. The minimum Gasteiger partial charge on any atom is -0.466 e. The Morgan fingerprint density at radius 2 is 2.23 bits per heavy atom. The van der Waals surface area contributed by atoms with E-state index in [1.165, 1.54) is 21.0 Å². The average Bonchev–Trinajstić information content (AvgIpc) is 3.23. The predicted octanol–water partition coefficient (Wildman–Crippen LogP) is 3.42. The lowest BCUT2D eigenvalue weighted by molar-refractivity contribution is -0.727. The monoisotopic (exact) mass is 332 g/mol. The summed E-state index contributed by atoms with van der Waals surface area (Å²) in [4.78, 5) is 12.3.